The molecular weight excluding hydrogens is 332 g/mol. The zero-order chi connectivity index (χ0) is 15.4. The third-order valence-electron chi connectivity index (χ3n) is 3.56. The van der Waals surface area contributed by atoms with Crippen molar-refractivity contribution < 1.29 is 10.2 Å². The van der Waals surface area contributed by atoms with Gasteiger partial charge in [-0.05, 0) is 25.5 Å². The molecule has 112 valence electrons. The second-order valence-corrected chi connectivity index (χ2v) is 5.83. The molecule has 0 radical (unpaired) electrons. The number of halogens is 1. The molecule has 5 heteroatoms. The average molecular weight is 351 g/mol. The topological polar surface area (TPSA) is 65.4 Å². The van der Waals surface area contributed by atoms with Gasteiger partial charge < -0.3 is 15.5 Å². The van der Waals surface area contributed by atoms with Crippen molar-refractivity contribution in [1.82, 2.24) is 10.3 Å². The lowest BCUT2D eigenvalue weighted by atomic mass is 10.1. The Morgan fingerprint density at radius 3 is 2.71 bits per heavy atom. The van der Waals surface area contributed by atoms with Crippen molar-refractivity contribution in [3.8, 4) is 5.75 Å². The van der Waals surface area contributed by atoms with Crippen molar-refractivity contribution in [3.05, 3.63) is 57.3 Å². The highest BCUT2D eigenvalue weighted by atomic mass is 79.9. The number of aliphatic hydroxyl groups is 1. The fraction of sp³-hybridized carbons (Fsp3) is 0.312. The maximum atomic E-state index is 10.1. The van der Waals surface area contributed by atoms with Crippen LogP contribution in [-0.4, -0.2) is 15.2 Å². The molecule has 0 aliphatic carbocycles. The monoisotopic (exact) mass is 350 g/mol. The minimum atomic E-state index is -0.138. The molecule has 0 aliphatic heterocycles. The van der Waals surface area contributed by atoms with E-state index in [0.29, 0.717) is 23.4 Å². The van der Waals surface area contributed by atoms with E-state index in [1.54, 1.807) is 13.1 Å². The molecule has 0 spiro atoms. The fourth-order valence-corrected chi connectivity index (χ4v) is 2.84. The molecule has 0 amide bonds. The summed E-state index contributed by atoms with van der Waals surface area (Å²) in [5, 5.41) is 22.9. The first-order valence-electron chi connectivity index (χ1n) is 6.79. The van der Waals surface area contributed by atoms with Gasteiger partial charge in [-0.3, -0.25) is 4.98 Å². The molecule has 1 aromatic heterocycles. The first kappa shape index (κ1) is 15.9. The summed E-state index contributed by atoms with van der Waals surface area (Å²) < 4.78 is 1.04. The minimum absolute atomic E-state index is 0.111. The summed E-state index contributed by atoms with van der Waals surface area (Å²) >= 11 is 3.54. The van der Waals surface area contributed by atoms with Gasteiger partial charge in [0.1, 0.15) is 5.75 Å². The quantitative estimate of drug-likeness (QED) is 0.774. The number of aliphatic hydroxyl groups excluding tert-OH is 1. The van der Waals surface area contributed by atoms with E-state index in [0.717, 1.165) is 10.0 Å². The van der Waals surface area contributed by atoms with E-state index >= 15 is 0 Å². The fourth-order valence-electron chi connectivity index (χ4n) is 2.21. The Kier molecular flexibility index (Phi) is 5.33. The molecule has 21 heavy (non-hydrogen) atoms. The number of benzene rings is 1. The average Bonchev–Trinajstić information content (AvgIpc) is 2.49. The van der Waals surface area contributed by atoms with Gasteiger partial charge in [-0.1, -0.05) is 34.1 Å². The first-order valence-corrected chi connectivity index (χ1v) is 7.59. The number of pyridine rings is 1. The molecule has 0 fully saturated rings. The van der Waals surface area contributed by atoms with Gasteiger partial charge in [0, 0.05) is 34.4 Å². The standard InChI is InChI=1S/C16H19BrN2O2/c1-10(13-5-3-4-6-15(13)17)19-8-14-12(9-20)7-18-11(2)16(14)21/h3-7,10,19-21H,8-9H2,1-2H3/t10-/m1/s1. The highest BCUT2D eigenvalue weighted by Crippen LogP contribution is 2.26. The Balaban J connectivity index is 2.17. The van der Waals surface area contributed by atoms with E-state index in [9.17, 15) is 10.2 Å². The van der Waals surface area contributed by atoms with Crippen LogP contribution in [0.4, 0.5) is 0 Å². The lowest BCUT2D eigenvalue weighted by Gasteiger charge is -2.18. The highest BCUT2D eigenvalue weighted by molar-refractivity contribution is 9.10. The normalized spacial score (nSPS) is 12.4. The Labute approximate surface area is 133 Å². The van der Waals surface area contributed by atoms with Crippen molar-refractivity contribution in [3.63, 3.8) is 0 Å². The molecular formula is C16H19BrN2O2. The van der Waals surface area contributed by atoms with Gasteiger partial charge in [-0.15, -0.1) is 0 Å². The van der Waals surface area contributed by atoms with Gasteiger partial charge >= 0.3 is 0 Å². The summed E-state index contributed by atoms with van der Waals surface area (Å²) in [6.07, 6.45) is 1.61. The van der Waals surface area contributed by atoms with E-state index in [2.05, 4.69) is 33.2 Å². The number of hydrogen-bond donors (Lipinski definition) is 3. The largest absolute Gasteiger partial charge is 0.506 e. The molecule has 0 saturated heterocycles. The maximum absolute atomic E-state index is 10.1. The van der Waals surface area contributed by atoms with Gasteiger partial charge in [-0.25, -0.2) is 0 Å². The summed E-state index contributed by atoms with van der Waals surface area (Å²) in [5.41, 5.74) is 3.06. The van der Waals surface area contributed by atoms with Gasteiger partial charge in [0.05, 0.1) is 12.3 Å². The van der Waals surface area contributed by atoms with Crippen LogP contribution in [-0.2, 0) is 13.2 Å². The molecule has 2 rings (SSSR count). The molecule has 0 saturated carbocycles. The minimum Gasteiger partial charge on any atom is -0.506 e. The maximum Gasteiger partial charge on any atom is 0.141 e. The lowest BCUT2D eigenvalue weighted by molar-refractivity contribution is 0.278. The number of hydrogen-bond acceptors (Lipinski definition) is 4. The number of aryl methyl sites for hydroxylation is 1. The lowest BCUT2D eigenvalue weighted by Crippen LogP contribution is -2.19. The van der Waals surface area contributed by atoms with E-state index in [4.69, 9.17) is 0 Å². The predicted molar refractivity (Wildman–Crippen MR) is 86.0 cm³/mol. The Morgan fingerprint density at radius 2 is 2.05 bits per heavy atom. The van der Waals surface area contributed by atoms with Crippen LogP contribution in [0.2, 0.25) is 0 Å². The van der Waals surface area contributed by atoms with E-state index in [1.807, 2.05) is 24.3 Å². The second-order valence-electron chi connectivity index (χ2n) is 4.98. The number of aromatic hydroxyl groups is 1. The van der Waals surface area contributed by atoms with Gasteiger partial charge in [0.2, 0.25) is 0 Å². The zero-order valence-corrected chi connectivity index (χ0v) is 13.7. The van der Waals surface area contributed by atoms with Crippen LogP contribution in [0.15, 0.2) is 34.9 Å². The number of nitrogens with zero attached hydrogens (tertiary/aromatic N) is 1. The molecule has 0 unspecified atom stereocenters. The Morgan fingerprint density at radius 1 is 1.33 bits per heavy atom. The van der Waals surface area contributed by atoms with Crippen LogP contribution in [0, 0.1) is 6.92 Å². The predicted octanol–water partition coefficient (Wildman–Crippen LogP) is 3.20. The van der Waals surface area contributed by atoms with Crippen molar-refractivity contribution in [1.29, 1.82) is 0 Å². The van der Waals surface area contributed by atoms with Gasteiger partial charge in [0.25, 0.3) is 0 Å². The number of rotatable bonds is 5. The number of aromatic nitrogens is 1. The van der Waals surface area contributed by atoms with Crippen molar-refractivity contribution in [2.75, 3.05) is 0 Å². The summed E-state index contributed by atoms with van der Waals surface area (Å²) in [4.78, 5) is 4.06. The van der Waals surface area contributed by atoms with Crippen molar-refractivity contribution >= 4 is 15.9 Å². The van der Waals surface area contributed by atoms with Crippen molar-refractivity contribution in [2.45, 2.75) is 33.0 Å². The molecule has 0 aliphatic rings. The third-order valence-corrected chi connectivity index (χ3v) is 4.28. The van der Waals surface area contributed by atoms with Crippen LogP contribution in [0.5, 0.6) is 5.75 Å². The second kappa shape index (κ2) is 7.02. The molecule has 1 heterocycles. The third kappa shape index (κ3) is 3.61. The molecule has 0 bridgehead atoms. The highest BCUT2D eigenvalue weighted by Gasteiger charge is 2.14. The Bertz CT molecular complexity index is 632. The summed E-state index contributed by atoms with van der Waals surface area (Å²) in [7, 11) is 0. The van der Waals surface area contributed by atoms with Crippen LogP contribution in [0.1, 0.15) is 35.3 Å². The summed E-state index contributed by atoms with van der Waals surface area (Å²) in [6, 6.07) is 8.13. The summed E-state index contributed by atoms with van der Waals surface area (Å²) in [5.74, 6) is 0.147. The van der Waals surface area contributed by atoms with E-state index < -0.39 is 0 Å². The van der Waals surface area contributed by atoms with Crippen LogP contribution < -0.4 is 5.32 Å². The van der Waals surface area contributed by atoms with E-state index in [-0.39, 0.29) is 18.4 Å². The van der Waals surface area contributed by atoms with Crippen molar-refractivity contribution in [2.24, 2.45) is 0 Å². The van der Waals surface area contributed by atoms with Gasteiger partial charge in [-0.2, -0.15) is 0 Å². The zero-order valence-electron chi connectivity index (χ0n) is 12.1. The molecule has 3 N–H and O–H groups in total. The first-order chi connectivity index (χ1) is 10.0. The molecule has 1 aromatic carbocycles. The number of nitrogens with one attached hydrogen (secondary N) is 1. The van der Waals surface area contributed by atoms with E-state index in [1.165, 1.54) is 0 Å². The SMILES string of the molecule is Cc1ncc(CO)c(CN[C@H](C)c2ccccc2Br)c1O. The van der Waals surface area contributed by atoms with Crippen LogP contribution in [0.25, 0.3) is 0 Å². The molecule has 2 aromatic rings. The van der Waals surface area contributed by atoms with Crippen LogP contribution in [0.3, 0.4) is 0 Å². The summed E-state index contributed by atoms with van der Waals surface area (Å²) in [6.45, 7) is 4.13. The van der Waals surface area contributed by atoms with Crippen LogP contribution >= 0.6 is 15.9 Å². The molecule has 4 nitrogen and oxygen atoms in total. The van der Waals surface area contributed by atoms with Gasteiger partial charge in [0.15, 0.2) is 0 Å². The molecule has 1 atom stereocenters. The smallest absolute Gasteiger partial charge is 0.141 e. The Hall–Kier alpha value is -1.43.